The highest BCUT2D eigenvalue weighted by Crippen LogP contribution is 2.09. The number of nitrogens with zero attached hydrogens (tertiary/aromatic N) is 2. The van der Waals surface area contributed by atoms with E-state index >= 15 is 0 Å². The van der Waals surface area contributed by atoms with Crippen LogP contribution < -0.4 is 5.32 Å². The maximum absolute atomic E-state index is 11.9. The van der Waals surface area contributed by atoms with Crippen LogP contribution in [-0.4, -0.2) is 55.0 Å². The number of nitrogens with one attached hydrogen (secondary N) is 1. The van der Waals surface area contributed by atoms with Crippen LogP contribution in [0.4, 0.5) is 0 Å². The van der Waals surface area contributed by atoms with Gasteiger partial charge in [0.1, 0.15) is 0 Å². The topological polar surface area (TPSA) is 35.6 Å². The first-order valence-electron chi connectivity index (χ1n) is 10.3. The van der Waals surface area contributed by atoms with E-state index in [-0.39, 0.29) is 5.91 Å². The Morgan fingerprint density at radius 3 is 2.21 bits per heavy atom. The number of carbonyl (C=O) groups excluding carboxylic acids is 1. The van der Waals surface area contributed by atoms with Crippen molar-refractivity contribution < 1.29 is 4.79 Å². The van der Waals surface area contributed by atoms with E-state index in [0.29, 0.717) is 0 Å². The smallest absolute Gasteiger partial charge is 0.243 e. The number of piperazine rings is 1. The van der Waals surface area contributed by atoms with Crippen molar-refractivity contribution in [1.29, 1.82) is 0 Å². The minimum absolute atomic E-state index is 0.0154. The Kier molecular flexibility index (Phi) is 8.28. The molecule has 0 aliphatic carbocycles. The Morgan fingerprint density at radius 2 is 1.50 bits per heavy atom. The molecule has 4 heteroatoms. The molecule has 1 fully saturated rings. The average molecular weight is 378 g/mol. The zero-order valence-corrected chi connectivity index (χ0v) is 16.6. The molecule has 148 valence electrons. The summed E-state index contributed by atoms with van der Waals surface area (Å²) in [5, 5.41) is 2.97. The molecule has 1 amide bonds. The van der Waals surface area contributed by atoms with E-state index < -0.39 is 0 Å². The molecule has 0 aromatic heterocycles. The number of rotatable bonds is 9. The lowest BCUT2D eigenvalue weighted by atomic mass is 10.2. The monoisotopic (exact) mass is 377 g/mol. The van der Waals surface area contributed by atoms with Gasteiger partial charge in [0.25, 0.3) is 0 Å². The number of carbonyl (C=O) groups is 1. The van der Waals surface area contributed by atoms with Gasteiger partial charge in [-0.15, -0.1) is 0 Å². The Labute approximate surface area is 168 Å². The van der Waals surface area contributed by atoms with Crippen molar-refractivity contribution >= 4 is 12.0 Å². The molecular formula is C24H31N3O. The maximum atomic E-state index is 11.9. The van der Waals surface area contributed by atoms with Crippen LogP contribution in [-0.2, 0) is 11.3 Å². The lowest BCUT2D eigenvalue weighted by Gasteiger charge is -2.34. The van der Waals surface area contributed by atoms with Gasteiger partial charge in [0, 0.05) is 45.3 Å². The standard InChI is InChI=1S/C24H31N3O/c28-24(14-13-22-9-3-1-4-10-22)25-15-7-8-16-26-17-19-27(20-18-26)21-23-11-5-2-6-12-23/h1-6,9-14H,7-8,15-21H2,(H,25,28)/b14-13+. The van der Waals surface area contributed by atoms with Crippen molar-refractivity contribution in [3.05, 3.63) is 77.9 Å². The minimum Gasteiger partial charge on any atom is -0.353 e. The molecule has 28 heavy (non-hydrogen) atoms. The lowest BCUT2D eigenvalue weighted by Crippen LogP contribution is -2.46. The van der Waals surface area contributed by atoms with Gasteiger partial charge in [-0.2, -0.15) is 0 Å². The first kappa shape index (κ1) is 20.3. The minimum atomic E-state index is -0.0154. The molecule has 2 aromatic carbocycles. The average Bonchev–Trinajstić information content (AvgIpc) is 2.75. The molecule has 1 aliphatic heterocycles. The maximum Gasteiger partial charge on any atom is 0.243 e. The fraction of sp³-hybridized carbons (Fsp3) is 0.375. The fourth-order valence-corrected chi connectivity index (χ4v) is 3.48. The molecule has 1 aliphatic rings. The van der Waals surface area contributed by atoms with Crippen molar-refractivity contribution in [2.24, 2.45) is 0 Å². The molecule has 1 heterocycles. The van der Waals surface area contributed by atoms with Crippen molar-refractivity contribution in [2.45, 2.75) is 19.4 Å². The predicted octanol–water partition coefficient (Wildman–Crippen LogP) is 3.41. The van der Waals surface area contributed by atoms with Crippen LogP contribution in [0.5, 0.6) is 0 Å². The SMILES string of the molecule is O=C(/C=C/c1ccccc1)NCCCCN1CCN(Cc2ccccc2)CC1. The highest BCUT2D eigenvalue weighted by Gasteiger charge is 2.16. The first-order chi connectivity index (χ1) is 13.8. The highest BCUT2D eigenvalue weighted by molar-refractivity contribution is 5.91. The van der Waals surface area contributed by atoms with Crippen LogP contribution in [0.1, 0.15) is 24.0 Å². The third-order valence-electron chi connectivity index (χ3n) is 5.14. The number of hydrogen-bond donors (Lipinski definition) is 1. The van der Waals surface area contributed by atoms with Gasteiger partial charge in [-0.25, -0.2) is 0 Å². The fourth-order valence-electron chi connectivity index (χ4n) is 3.48. The normalized spacial score (nSPS) is 15.7. The second kappa shape index (κ2) is 11.4. The molecule has 2 aromatic rings. The summed E-state index contributed by atoms with van der Waals surface area (Å²) in [6.45, 7) is 7.46. The Morgan fingerprint density at radius 1 is 0.857 bits per heavy atom. The quantitative estimate of drug-likeness (QED) is 0.537. The van der Waals surface area contributed by atoms with Crippen molar-refractivity contribution in [1.82, 2.24) is 15.1 Å². The van der Waals surface area contributed by atoms with Gasteiger partial charge in [0.15, 0.2) is 0 Å². The van der Waals surface area contributed by atoms with E-state index in [1.807, 2.05) is 36.4 Å². The summed E-state index contributed by atoms with van der Waals surface area (Å²) in [4.78, 5) is 16.9. The summed E-state index contributed by atoms with van der Waals surface area (Å²) in [5.74, 6) is -0.0154. The largest absolute Gasteiger partial charge is 0.353 e. The van der Waals surface area contributed by atoms with Crippen molar-refractivity contribution in [2.75, 3.05) is 39.3 Å². The molecule has 1 N–H and O–H groups in total. The summed E-state index contributed by atoms with van der Waals surface area (Å²) < 4.78 is 0. The number of unbranched alkanes of at least 4 members (excludes halogenated alkanes) is 1. The van der Waals surface area contributed by atoms with Gasteiger partial charge >= 0.3 is 0 Å². The van der Waals surface area contributed by atoms with E-state index in [1.165, 1.54) is 5.56 Å². The molecule has 0 radical (unpaired) electrons. The number of amides is 1. The zero-order chi connectivity index (χ0) is 19.4. The summed E-state index contributed by atoms with van der Waals surface area (Å²) in [6, 6.07) is 20.6. The van der Waals surface area contributed by atoms with Crippen LogP contribution in [0.15, 0.2) is 66.7 Å². The van der Waals surface area contributed by atoms with Gasteiger partial charge in [-0.05, 0) is 36.6 Å². The van der Waals surface area contributed by atoms with Gasteiger partial charge in [-0.3, -0.25) is 9.69 Å². The molecule has 0 atom stereocenters. The molecule has 0 bridgehead atoms. The molecule has 1 saturated heterocycles. The van der Waals surface area contributed by atoms with E-state index in [0.717, 1.165) is 64.2 Å². The van der Waals surface area contributed by atoms with Crippen LogP contribution in [0.2, 0.25) is 0 Å². The Hall–Kier alpha value is -2.43. The molecule has 3 rings (SSSR count). The molecular weight excluding hydrogens is 346 g/mol. The van der Waals surface area contributed by atoms with Crippen LogP contribution in [0.3, 0.4) is 0 Å². The molecule has 4 nitrogen and oxygen atoms in total. The molecule has 0 spiro atoms. The van der Waals surface area contributed by atoms with Crippen LogP contribution >= 0.6 is 0 Å². The molecule has 0 saturated carbocycles. The van der Waals surface area contributed by atoms with Crippen LogP contribution in [0.25, 0.3) is 6.08 Å². The van der Waals surface area contributed by atoms with Gasteiger partial charge in [-0.1, -0.05) is 60.7 Å². The second-order valence-electron chi connectivity index (χ2n) is 7.35. The summed E-state index contributed by atoms with van der Waals surface area (Å²) in [6.07, 6.45) is 5.61. The van der Waals surface area contributed by atoms with Crippen molar-refractivity contribution in [3.8, 4) is 0 Å². The summed E-state index contributed by atoms with van der Waals surface area (Å²) in [5.41, 5.74) is 2.44. The van der Waals surface area contributed by atoms with Crippen LogP contribution in [0, 0.1) is 0 Å². The zero-order valence-electron chi connectivity index (χ0n) is 16.6. The number of benzene rings is 2. The van der Waals surface area contributed by atoms with E-state index in [2.05, 4.69) is 45.4 Å². The first-order valence-corrected chi connectivity index (χ1v) is 10.3. The third-order valence-corrected chi connectivity index (χ3v) is 5.14. The Bertz CT molecular complexity index is 722. The van der Waals surface area contributed by atoms with Gasteiger partial charge in [0.05, 0.1) is 0 Å². The number of hydrogen-bond acceptors (Lipinski definition) is 3. The van der Waals surface area contributed by atoms with Crippen molar-refractivity contribution in [3.63, 3.8) is 0 Å². The van der Waals surface area contributed by atoms with E-state index in [9.17, 15) is 4.79 Å². The molecule has 0 unspecified atom stereocenters. The summed E-state index contributed by atoms with van der Waals surface area (Å²) >= 11 is 0. The lowest BCUT2D eigenvalue weighted by molar-refractivity contribution is -0.116. The highest BCUT2D eigenvalue weighted by atomic mass is 16.1. The van der Waals surface area contributed by atoms with E-state index in [1.54, 1.807) is 6.08 Å². The Balaban J connectivity index is 1.23. The van der Waals surface area contributed by atoms with Gasteiger partial charge in [0.2, 0.25) is 5.91 Å². The van der Waals surface area contributed by atoms with Gasteiger partial charge < -0.3 is 10.2 Å². The summed E-state index contributed by atoms with van der Waals surface area (Å²) in [7, 11) is 0. The second-order valence-corrected chi connectivity index (χ2v) is 7.35. The van der Waals surface area contributed by atoms with E-state index in [4.69, 9.17) is 0 Å². The third kappa shape index (κ3) is 7.29. The predicted molar refractivity (Wildman–Crippen MR) is 116 cm³/mol.